The molecule has 33 heavy (non-hydrogen) atoms. The number of allylic oxidation sites excluding steroid dienone is 3. The van der Waals surface area contributed by atoms with Crippen molar-refractivity contribution >= 4 is 5.97 Å². The molecule has 0 aromatic heterocycles. The van der Waals surface area contributed by atoms with Crippen LogP contribution in [-0.2, 0) is 4.79 Å². The molecule has 186 valence electrons. The highest BCUT2D eigenvalue weighted by Crippen LogP contribution is 2.73. The molecular weight excluding hydrogens is 408 g/mol. The summed E-state index contributed by atoms with van der Waals surface area (Å²) in [5, 5.41) is 20.0. The summed E-state index contributed by atoms with van der Waals surface area (Å²) in [5.74, 6) is 1.75. The minimum absolute atomic E-state index is 0.00892. The monoisotopic (exact) mass is 456 g/mol. The Labute approximate surface area is 202 Å². The Hall–Kier alpha value is -1.09. The van der Waals surface area contributed by atoms with Gasteiger partial charge in [0.25, 0.3) is 0 Å². The van der Waals surface area contributed by atoms with E-state index in [2.05, 4.69) is 47.6 Å². The van der Waals surface area contributed by atoms with Crippen LogP contribution in [0.4, 0.5) is 0 Å². The zero-order valence-electron chi connectivity index (χ0n) is 22.2. The standard InChI is InChI=1S/C30H48O3/c1-19(9-8-10-20(2)26(32)33)21-13-17-30(7)23-11-12-24-27(3,4)25(31)15-16-28(24,5)22(23)14-18-29(21,30)6/h10-11,19,21-22,24-25,31H,8-9,12-18H2,1-7H3,(H,32,33)/b20-10-/t19-,21-,22+,24-,25+,28+,29-,30+/m0/s1. The molecule has 0 heterocycles. The summed E-state index contributed by atoms with van der Waals surface area (Å²) in [7, 11) is 0. The van der Waals surface area contributed by atoms with Gasteiger partial charge in [-0.3, -0.25) is 0 Å². The number of aliphatic hydroxyl groups is 1. The van der Waals surface area contributed by atoms with Gasteiger partial charge in [-0.2, -0.15) is 0 Å². The van der Waals surface area contributed by atoms with E-state index < -0.39 is 5.97 Å². The van der Waals surface area contributed by atoms with E-state index in [1.54, 1.807) is 12.5 Å². The van der Waals surface area contributed by atoms with Gasteiger partial charge in [0, 0.05) is 5.57 Å². The fourth-order valence-corrected chi connectivity index (χ4v) is 9.50. The summed E-state index contributed by atoms with van der Waals surface area (Å²) in [6, 6.07) is 0. The van der Waals surface area contributed by atoms with Crippen molar-refractivity contribution in [1.82, 2.24) is 0 Å². The van der Waals surface area contributed by atoms with Gasteiger partial charge in [0.1, 0.15) is 0 Å². The lowest BCUT2D eigenvalue weighted by Gasteiger charge is -2.64. The van der Waals surface area contributed by atoms with Crippen LogP contribution in [0.5, 0.6) is 0 Å². The number of fused-ring (bicyclic) bond motifs is 5. The van der Waals surface area contributed by atoms with Gasteiger partial charge >= 0.3 is 5.97 Å². The number of hydrogen-bond acceptors (Lipinski definition) is 2. The first-order valence-electron chi connectivity index (χ1n) is 13.6. The molecule has 8 atom stereocenters. The predicted molar refractivity (Wildman–Crippen MR) is 135 cm³/mol. The fourth-order valence-electron chi connectivity index (χ4n) is 9.50. The molecule has 0 spiro atoms. The van der Waals surface area contributed by atoms with Crippen LogP contribution in [0.3, 0.4) is 0 Å². The molecule has 3 nitrogen and oxygen atoms in total. The molecule has 0 aromatic rings. The van der Waals surface area contributed by atoms with Crippen LogP contribution < -0.4 is 0 Å². The number of hydrogen-bond donors (Lipinski definition) is 2. The molecule has 4 aliphatic rings. The van der Waals surface area contributed by atoms with E-state index in [9.17, 15) is 9.90 Å². The third-order valence-corrected chi connectivity index (χ3v) is 12.0. The average Bonchev–Trinajstić information content (AvgIpc) is 3.02. The molecule has 0 aliphatic heterocycles. The van der Waals surface area contributed by atoms with Crippen molar-refractivity contribution in [2.75, 3.05) is 0 Å². The molecule has 4 rings (SSSR count). The number of aliphatic carboxylic acids is 1. The molecule has 0 bridgehead atoms. The van der Waals surface area contributed by atoms with Crippen molar-refractivity contribution in [3.05, 3.63) is 23.3 Å². The van der Waals surface area contributed by atoms with E-state index in [0.717, 1.165) is 32.1 Å². The second kappa shape index (κ2) is 8.25. The molecule has 0 saturated heterocycles. The Balaban J connectivity index is 1.58. The summed E-state index contributed by atoms with van der Waals surface area (Å²) in [6.07, 6.45) is 14.7. The number of carboxylic acids is 1. The molecule has 0 radical (unpaired) electrons. The molecule has 3 fully saturated rings. The fraction of sp³-hybridized carbons (Fsp3) is 0.833. The minimum atomic E-state index is -0.796. The van der Waals surface area contributed by atoms with Crippen LogP contribution in [0.15, 0.2) is 23.3 Å². The number of aliphatic hydroxyl groups excluding tert-OH is 1. The van der Waals surface area contributed by atoms with Gasteiger partial charge < -0.3 is 10.2 Å². The van der Waals surface area contributed by atoms with E-state index in [0.29, 0.717) is 40.1 Å². The van der Waals surface area contributed by atoms with Gasteiger partial charge in [0.05, 0.1) is 6.10 Å². The highest BCUT2D eigenvalue weighted by atomic mass is 16.4. The second-order valence-electron chi connectivity index (χ2n) is 13.6. The highest BCUT2D eigenvalue weighted by Gasteiger charge is 2.65. The van der Waals surface area contributed by atoms with Gasteiger partial charge in [0.15, 0.2) is 0 Å². The quantitative estimate of drug-likeness (QED) is 0.335. The molecule has 0 unspecified atom stereocenters. The first kappa shape index (κ1) is 25.0. The zero-order valence-corrected chi connectivity index (χ0v) is 22.2. The minimum Gasteiger partial charge on any atom is -0.478 e. The highest BCUT2D eigenvalue weighted by molar-refractivity contribution is 5.85. The molecule has 0 amide bonds. The van der Waals surface area contributed by atoms with Crippen molar-refractivity contribution in [2.45, 2.75) is 112 Å². The Bertz CT molecular complexity index is 853. The summed E-state index contributed by atoms with van der Waals surface area (Å²) in [5.41, 5.74) is 3.13. The maximum Gasteiger partial charge on any atom is 0.330 e. The molecule has 0 aromatic carbocycles. The van der Waals surface area contributed by atoms with Gasteiger partial charge in [0.2, 0.25) is 0 Å². The van der Waals surface area contributed by atoms with Gasteiger partial charge in [-0.15, -0.1) is 0 Å². The maximum atomic E-state index is 11.1. The third kappa shape index (κ3) is 3.58. The van der Waals surface area contributed by atoms with Crippen molar-refractivity contribution in [2.24, 2.45) is 45.3 Å². The van der Waals surface area contributed by atoms with Crippen LogP contribution >= 0.6 is 0 Å². The summed E-state index contributed by atoms with van der Waals surface area (Å²) in [6.45, 7) is 16.5. The Morgan fingerprint density at radius 3 is 2.48 bits per heavy atom. The van der Waals surface area contributed by atoms with E-state index >= 15 is 0 Å². The van der Waals surface area contributed by atoms with Crippen LogP contribution in [0.1, 0.15) is 106 Å². The zero-order chi connectivity index (χ0) is 24.4. The number of rotatable bonds is 5. The van der Waals surface area contributed by atoms with E-state index in [1.165, 1.54) is 25.7 Å². The van der Waals surface area contributed by atoms with Gasteiger partial charge in [-0.1, -0.05) is 59.3 Å². The average molecular weight is 457 g/mol. The smallest absolute Gasteiger partial charge is 0.330 e. The molecular formula is C30H48O3. The Kier molecular flexibility index (Phi) is 6.25. The predicted octanol–water partition coefficient (Wildman–Crippen LogP) is 7.40. The number of carboxylic acid groups (broad SMARTS) is 1. The molecule has 3 heteroatoms. The lowest BCUT2D eigenvalue weighted by molar-refractivity contribution is -0.132. The number of carbonyl (C=O) groups is 1. The summed E-state index contributed by atoms with van der Waals surface area (Å²) in [4.78, 5) is 11.1. The van der Waals surface area contributed by atoms with Crippen LogP contribution in [0.25, 0.3) is 0 Å². The van der Waals surface area contributed by atoms with Crippen molar-refractivity contribution in [3.8, 4) is 0 Å². The Morgan fingerprint density at radius 2 is 1.82 bits per heavy atom. The van der Waals surface area contributed by atoms with Crippen LogP contribution in [0.2, 0.25) is 0 Å². The third-order valence-electron chi connectivity index (χ3n) is 12.0. The first-order chi connectivity index (χ1) is 15.3. The summed E-state index contributed by atoms with van der Waals surface area (Å²) >= 11 is 0. The summed E-state index contributed by atoms with van der Waals surface area (Å²) < 4.78 is 0. The lowest BCUT2D eigenvalue weighted by atomic mass is 9.41. The molecule has 2 N–H and O–H groups in total. The van der Waals surface area contributed by atoms with Crippen molar-refractivity contribution in [3.63, 3.8) is 0 Å². The topological polar surface area (TPSA) is 57.5 Å². The second-order valence-corrected chi connectivity index (χ2v) is 13.6. The first-order valence-corrected chi connectivity index (χ1v) is 13.6. The largest absolute Gasteiger partial charge is 0.478 e. The van der Waals surface area contributed by atoms with E-state index in [1.807, 2.05) is 6.08 Å². The maximum absolute atomic E-state index is 11.1. The van der Waals surface area contributed by atoms with Crippen molar-refractivity contribution < 1.29 is 15.0 Å². The lowest BCUT2D eigenvalue weighted by Crippen LogP contribution is -2.58. The van der Waals surface area contributed by atoms with E-state index in [-0.39, 0.29) is 16.9 Å². The van der Waals surface area contributed by atoms with Gasteiger partial charge in [-0.25, -0.2) is 4.79 Å². The Morgan fingerprint density at radius 1 is 1.12 bits per heavy atom. The SMILES string of the molecule is C/C(=C/CC[C@H](C)[C@@H]1CC[C@]2(C)C3=CC[C@H]4C(C)(C)[C@H](O)CC[C@]4(C)[C@@H]3CC[C@@]12C)C(=O)O. The molecule has 3 saturated carbocycles. The van der Waals surface area contributed by atoms with Crippen molar-refractivity contribution in [1.29, 1.82) is 0 Å². The normalized spacial score (nSPS) is 45.5. The molecule has 4 aliphatic carbocycles. The van der Waals surface area contributed by atoms with Crippen LogP contribution in [0, 0.1) is 45.3 Å². The van der Waals surface area contributed by atoms with Crippen LogP contribution in [-0.4, -0.2) is 22.3 Å². The van der Waals surface area contributed by atoms with E-state index in [4.69, 9.17) is 5.11 Å². The van der Waals surface area contributed by atoms with Gasteiger partial charge in [-0.05, 0) is 110 Å².